The first-order chi connectivity index (χ1) is 11.2. The van der Waals surface area contributed by atoms with Crippen molar-refractivity contribution < 1.29 is 9.13 Å². The number of nitrogens with one attached hydrogen (secondary N) is 1. The van der Waals surface area contributed by atoms with Gasteiger partial charge in [-0.3, -0.25) is 4.90 Å². The van der Waals surface area contributed by atoms with E-state index < -0.39 is 0 Å². The molecule has 0 amide bonds. The van der Waals surface area contributed by atoms with Gasteiger partial charge in [0.2, 0.25) is 5.13 Å². The molecule has 1 atom stereocenters. The van der Waals surface area contributed by atoms with Crippen molar-refractivity contribution in [2.45, 2.75) is 19.4 Å². The van der Waals surface area contributed by atoms with Crippen molar-refractivity contribution in [3.63, 3.8) is 0 Å². The summed E-state index contributed by atoms with van der Waals surface area (Å²) in [7, 11) is 0. The van der Waals surface area contributed by atoms with E-state index in [-0.39, 0.29) is 5.82 Å². The smallest absolute Gasteiger partial charge is 0.205 e. The average Bonchev–Trinajstić information content (AvgIpc) is 3.03. The molecule has 1 unspecified atom stereocenters. The molecule has 1 saturated heterocycles. The average molecular weight is 336 g/mol. The zero-order valence-corrected chi connectivity index (χ0v) is 14.0. The lowest BCUT2D eigenvalue weighted by atomic mass is 10.2. The summed E-state index contributed by atoms with van der Waals surface area (Å²) in [5, 5.41) is 13.5. The molecule has 7 heteroatoms. The van der Waals surface area contributed by atoms with Crippen LogP contribution in [-0.2, 0) is 11.2 Å². The lowest BCUT2D eigenvalue weighted by molar-refractivity contribution is 0.0227. The van der Waals surface area contributed by atoms with Crippen LogP contribution in [0.4, 0.5) is 9.52 Å². The third kappa shape index (κ3) is 4.70. The number of morpholine rings is 1. The molecule has 1 aromatic heterocycles. The largest absolute Gasteiger partial charge is 0.379 e. The molecule has 0 aliphatic carbocycles. The van der Waals surface area contributed by atoms with Crippen molar-refractivity contribution in [1.29, 1.82) is 0 Å². The second-order valence-electron chi connectivity index (χ2n) is 5.68. The zero-order chi connectivity index (χ0) is 16.1. The Morgan fingerprint density at radius 3 is 2.74 bits per heavy atom. The number of hydrogen-bond acceptors (Lipinski definition) is 6. The fourth-order valence-electron chi connectivity index (χ4n) is 2.56. The summed E-state index contributed by atoms with van der Waals surface area (Å²) < 4.78 is 18.3. The minimum atomic E-state index is -0.217. The van der Waals surface area contributed by atoms with Gasteiger partial charge in [0.25, 0.3) is 0 Å². The number of aromatic nitrogens is 2. The minimum absolute atomic E-state index is 0.217. The van der Waals surface area contributed by atoms with E-state index in [9.17, 15) is 4.39 Å². The van der Waals surface area contributed by atoms with Gasteiger partial charge in [-0.05, 0) is 24.6 Å². The fraction of sp³-hybridized carbons (Fsp3) is 0.500. The number of nitrogens with zero attached hydrogens (tertiary/aromatic N) is 3. The maximum atomic E-state index is 12.9. The van der Waals surface area contributed by atoms with Crippen molar-refractivity contribution >= 4 is 16.5 Å². The van der Waals surface area contributed by atoms with Gasteiger partial charge in [-0.2, -0.15) is 0 Å². The molecule has 5 nitrogen and oxygen atoms in total. The third-order valence-electron chi connectivity index (χ3n) is 3.95. The lowest BCUT2D eigenvalue weighted by Gasteiger charge is -2.32. The van der Waals surface area contributed by atoms with Crippen LogP contribution in [-0.4, -0.2) is 54.0 Å². The Bertz CT molecular complexity index is 613. The SMILES string of the molecule is CC(CNc1nnc(Cc2ccc(F)cc2)s1)N1CCOCC1. The van der Waals surface area contributed by atoms with Gasteiger partial charge in [0, 0.05) is 32.1 Å². The van der Waals surface area contributed by atoms with Crippen LogP contribution in [0, 0.1) is 5.82 Å². The quantitative estimate of drug-likeness (QED) is 0.878. The summed E-state index contributed by atoms with van der Waals surface area (Å²) in [4.78, 5) is 2.41. The first kappa shape index (κ1) is 16.3. The van der Waals surface area contributed by atoms with Crippen LogP contribution in [0.3, 0.4) is 0 Å². The maximum absolute atomic E-state index is 12.9. The second kappa shape index (κ2) is 7.81. The van der Waals surface area contributed by atoms with Gasteiger partial charge in [-0.1, -0.05) is 23.5 Å². The topological polar surface area (TPSA) is 50.3 Å². The van der Waals surface area contributed by atoms with E-state index in [4.69, 9.17) is 4.74 Å². The van der Waals surface area contributed by atoms with Crippen molar-refractivity contribution in [3.8, 4) is 0 Å². The molecule has 124 valence electrons. The standard InChI is InChI=1S/C16H21FN4OS/c1-12(21-6-8-22-9-7-21)11-18-16-20-19-15(23-16)10-13-2-4-14(17)5-3-13/h2-5,12H,6-11H2,1H3,(H,18,20). The molecule has 0 bridgehead atoms. The molecule has 1 aliphatic rings. The summed E-state index contributed by atoms with van der Waals surface area (Å²) in [5.41, 5.74) is 1.04. The number of rotatable bonds is 6. The highest BCUT2D eigenvalue weighted by Gasteiger charge is 2.17. The van der Waals surface area contributed by atoms with E-state index >= 15 is 0 Å². The Labute approximate surface area is 139 Å². The van der Waals surface area contributed by atoms with Gasteiger partial charge >= 0.3 is 0 Å². The molecule has 1 aromatic carbocycles. The predicted molar refractivity (Wildman–Crippen MR) is 89.5 cm³/mol. The lowest BCUT2D eigenvalue weighted by Crippen LogP contribution is -2.45. The molecule has 3 rings (SSSR count). The normalized spacial score (nSPS) is 17.1. The second-order valence-corrected chi connectivity index (χ2v) is 6.74. The predicted octanol–water partition coefficient (Wildman–Crippen LogP) is 2.40. The monoisotopic (exact) mass is 336 g/mol. The van der Waals surface area contributed by atoms with Crippen molar-refractivity contribution in [2.75, 3.05) is 38.2 Å². The van der Waals surface area contributed by atoms with Gasteiger partial charge in [-0.15, -0.1) is 10.2 Å². The van der Waals surface area contributed by atoms with Crippen LogP contribution in [0.1, 0.15) is 17.5 Å². The Hall–Kier alpha value is -1.57. The molecule has 2 aromatic rings. The van der Waals surface area contributed by atoms with Gasteiger partial charge in [0.1, 0.15) is 10.8 Å². The highest BCUT2D eigenvalue weighted by molar-refractivity contribution is 7.15. The van der Waals surface area contributed by atoms with Gasteiger partial charge < -0.3 is 10.1 Å². The third-order valence-corrected chi connectivity index (χ3v) is 4.83. The first-order valence-electron chi connectivity index (χ1n) is 7.83. The highest BCUT2D eigenvalue weighted by Crippen LogP contribution is 2.19. The van der Waals surface area contributed by atoms with Crippen LogP contribution in [0.15, 0.2) is 24.3 Å². The van der Waals surface area contributed by atoms with Crippen LogP contribution in [0.25, 0.3) is 0 Å². The Balaban J connectivity index is 1.49. The van der Waals surface area contributed by atoms with E-state index in [0.717, 1.165) is 48.6 Å². The van der Waals surface area contributed by atoms with Crippen molar-refractivity contribution in [1.82, 2.24) is 15.1 Å². The summed E-state index contributed by atoms with van der Waals surface area (Å²) >= 11 is 1.55. The molecule has 1 aliphatic heterocycles. The molecule has 1 N–H and O–H groups in total. The number of hydrogen-bond donors (Lipinski definition) is 1. The summed E-state index contributed by atoms with van der Waals surface area (Å²) in [6, 6.07) is 6.94. The van der Waals surface area contributed by atoms with Gasteiger partial charge in [0.05, 0.1) is 13.2 Å². The number of anilines is 1. The molecule has 0 spiro atoms. The summed E-state index contributed by atoms with van der Waals surface area (Å²) in [6.45, 7) is 6.63. The summed E-state index contributed by atoms with van der Waals surface area (Å²) in [5.74, 6) is -0.217. The maximum Gasteiger partial charge on any atom is 0.205 e. The molecular weight excluding hydrogens is 315 g/mol. The molecule has 0 saturated carbocycles. The molecule has 0 radical (unpaired) electrons. The molecule has 1 fully saturated rings. The van der Waals surface area contributed by atoms with Crippen LogP contribution in [0.5, 0.6) is 0 Å². The van der Waals surface area contributed by atoms with E-state index in [1.807, 2.05) is 0 Å². The number of benzene rings is 1. The van der Waals surface area contributed by atoms with Crippen LogP contribution < -0.4 is 5.32 Å². The number of halogens is 1. The molecule has 23 heavy (non-hydrogen) atoms. The van der Waals surface area contributed by atoms with Crippen molar-refractivity contribution in [2.24, 2.45) is 0 Å². The Morgan fingerprint density at radius 2 is 2.00 bits per heavy atom. The van der Waals surface area contributed by atoms with Crippen LogP contribution in [0.2, 0.25) is 0 Å². The summed E-state index contributed by atoms with van der Waals surface area (Å²) in [6.07, 6.45) is 0.679. The first-order valence-corrected chi connectivity index (χ1v) is 8.65. The highest BCUT2D eigenvalue weighted by atomic mass is 32.1. The van der Waals surface area contributed by atoms with E-state index in [1.54, 1.807) is 23.5 Å². The van der Waals surface area contributed by atoms with Gasteiger partial charge in [-0.25, -0.2) is 4.39 Å². The zero-order valence-electron chi connectivity index (χ0n) is 13.2. The van der Waals surface area contributed by atoms with E-state index in [0.29, 0.717) is 12.5 Å². The Morgan fingerprint density at radius 1 is 1.26 bits per heavy atom. The minimum Gasteiger partial charge on any atom is -0.379 e. The molecule has 2 heterocycles. The van der Waals surface area contributed by atoms with Crippen molar-refractivity contribution in [3.05, 3.63) is 40.7 Å². The number of ether oxygens (including phenoxy) is 1. The fourth-order valence-corrected chi connectivity index (χ4v) is 3.34. The van der Waals surface area contributed by atoms with E-state index in [2.05, 4.69) is 27.3 Å². The Kier molecular flexibility index (Phi) is 5.53. The van der Waals surface area contributed by atoms with Gasteiger partial charge in [0.15, 0.2) is 0 Å². The van der Waals surface area contributed by atoms with Crippen LogP contribution >= 0.6 is 11.3 Å². The van der Waals surface area contributed by atoms with E-state index in [1.165, 1.54) is 12.1 Å². The molecular formula is C16H21FN4OS.